The Morgan fingerprint density at radius 3 is 1.83 bits per heavy atom. The third-order valence-corrected chi connectivity index (χ3v) is 2.32. The van der Waals surface area contributed by atoms with Crippen LogP contribution in [0.5, 0.6) is 0 Å². The third kappa shape index (κ3) is 0.978. The quantitative estimate of drug-likeness (QED) is 0.424. The van der Waals surface area contributed by atoms with Crippen LogP contribution in [0.2, 0.25) is 0 Å². The fourth-order valence-electron chi connectivity index (χ4n) is 1.12. The summed E-state index contributed by atoms with van der Waals surface area (Å²) in [5, 5.41) is 0. The molecular formula is C9H11NO2. The van der Waals surface area contributed by atoms with Crippen LogP contribution in [0.3, 0.4) is 0 Å². The highest BCUT2D eigenvalue weighted by Crippen LogP contribution is 2.22. The van der Waals surface area contributed by atoms with Crippen molar-refractivity contribution in [2.75, 3.05) is 0 Å². The zero-order valence-corrected chi connectivity index (χ0v) is 7.39. The molecule has 12 heavy (non-hydrogen) atoms. The molecule has 1 rings (SSSR count). The second kappa shape index (κ2) is 2.59. The Kier molecular flexibility index (Phi) is 1.88. The second-order valence-electron chi connectivity index (χ2n) is 2.95. The Labute approximate surface area is 70.9 Å². The monoisotopic (exact) mass is 165 g/mol. The minimum atomic E-state index is -0.574. The van der Waals surface area contributed by atoms with Crippen LogP contribution in [0.25, 0.3) is 0 Å². The summed E-state index contributed by atoms with van der Waals surface area (Å²) in [5.41, 5.74) is 7.57. The van der Waals surface area contributed by atoms with Crippen molar-refractivity contribution in [3.05, 3.63) is 22.4 Å². The Morgan fingerprint density at radius 2 is 1.33 bits per heavy atom. The van der Waals surface area contributed by atoms with Crippen molar-refractivity contribution in [2.45, 2.75) is 20.8 Å². The van der Waals surface area contributed by atoms with Crippen LogP contribution in [-0.2, 0) is 9.59 Å². The Hall–Kier alpha value is -1.38. The maximum atomic E-state index is 11.2. The van der Waals surface area contributed by atoms with Crippen LogP contribution in [0.4, 0.5) is 0 Å². The molecule has 0 aliphatic heterocycles. The number of ketones is 2. The van der Waals surface area contributed by atoms with Gasteiger partial charge in [-0.3, -0.25) is 9.59 Å². The molecule has 0 aromatic carbocycles. The lowest BCUT2D eigenvalue weighted by atomic mass is 9.90. The van der Waals surface area contributed by atoms with Gasteiger partial charge >= 0.3 is 0 Å². The first-order valence-corrected chi connectivity index (χ1v) is 3.70. The molecule has 0 aromatic rings. The summed E-state index contributed by atoms with van der Waals surface area (Å²) in [4.78, 5) is 22.3. The van der Waals surface area contributed by atoms with Gasteiger partial charge in [0.25, 0.3) is 0 Å². The minimum absolute atomic E-state index is 0.0862. The topological polar surface area (TPSA) is 60.2 Å². The molecule has 0 bridgehead atoms. The summed E-state index contributed by atoms with van der Waals surface area (Å²) in [6.45, 7) is 5.19. The highest BCUT2D eigenvalue weighted by atomic mass is 16.2. The smallest absolute Gasteiger partial charge is 0.249 e. The molecule has 0 heterocycles. The summed E-state index contributed by atoms with van der Waals surface area (Å²) in [5.74, 6) is -1.05. The van der Waals surface area contributed by atoms with Crippen molar-refractivity contribution in [3.63, 3.8) is 0 Å². The maximum Gasteiger partial charge on any atom is 0.249 e. The van der Waals surface area contributed by atoms with Gasteiger partial charge in [-0.2, -0.15) is 0 Å². The number of hydrogen-bond donors (Lipinski definition) is 1. The van der Waals surface area contributed by atoms with E-state index in [1.165, 1.54) is 0 Å². The van der Waals surface area contributed by atoms with Gasteiger partial charge in [0.1, 0.15) is 0 Å². The molecule has 2 N–H and O–H groups in total. The number of carbonyl (C=O) groups is 2. The summed E-state index contributed by atoms with van der Waals surface area (Å²) in [7, 11) is 0. The molecule has 0 radical (unpaired) electrons. The molecule has 0 saturated heterocycles. The number of Topliss-reactive ketones (excluding diaryl/α,β-unsaturated/α-hetero) is 2. The Balaban J connectivity index is 3.37. The summed E-state index contributed by atoms with van der Waals surface area (Å²) in [6.07, 6.45) is 0. The standard InChI is InChI=1S/C9H11NO2/c1-4-5(2)7(10)9(12)8(11)6(4)3/h10H2,1-3H3. The zero-order valence-electron chi connectivity index (χ0n) is 7.39. The van der Waals surface area contributed by atoms with E-state index in [-0.39, 0.29) is 5.70 Å². The predicted molar refractivity (Wildman–Crippen MR) is 45.3 cm³/mol. The molecule has 1 aliphatic carbocycles. The summed E-state index contributed by atoms with van der Waals surface area (Å²) < 4.78 is 0. The molecule has 1 aliphatic rings. The van der Waals surface area contributed by atoms with Crippen LogP contribution in [0.15, 0.2) is 22.4 Å². The maximum absolute atomic E-state index is 11.2. The van der Waals surface area contributed by atoms with Crippen LogP contribution < -0.4 is 5.73 Å². The molecular weight excluding hydrogens is 154 g/mol. The number of nitrogens with two attached hydrogens (primary N) is 1. The lowest BCUT2D eigenvalue weighted by molar-refractivity contribution is -0.132. The molecule has 0 spiro atoms. The van der Waals surface area contributed by atoms with Gasteiger partial charge in [0.2, 0.25) is 11.6 Å². The van der Waals surface area contributed by atoms with E-state index in [1.54, 1.807) is 20.8 Å². The molecule has 0 unspecified atom stereocenters. The molecule has 0 saturated carbocycles. The van der Waals surface area contributed by atoms with Crippen LogP contribution in [0, 0.1) is 0 Å². The summed E-state index contributed by atoms with van der Waals surface area (Å²) in [6, 6.07) is 0. The normalized spacial score (nSPS) is 19.2. The first-order chi connectivity index (χ1) is 5.46. The van der Waals surface area contributed by atoms with Crippen LogP contribution in [-0.4, -0.2) is 11.6 Å². The largest absolute Gasteiger partial charge is 0.395 e. The van der Waals surface area contributed by atoms with Gasteiger partial charge in [-0.25, -0.2) is 0 Å². The third-order valence-electron chi connectivity index (χ3n) is 2.32. The zero-order chi connectivity index (χ0) is 9.46. The van der Waals surface area contributed by atoms with Crippen molar-refractivity contribution in [2.24, 2.45) is 5.73 Å². The van der Waals surface area contributed by atoms with Crippen LogP contribution >= 0.6 is 0 Å². The van der Waals surface area contributed by atoms with Crippen molar-refractivity contribution >= 4 is 11.6 Å². The van der Waals surface area contributed by atoms with Crippen molar-refractivity contribution in [3.8, 4) is 0 Å². The molecule has 0 fully saturated rings. The average Bonchev–Trinajstić information content (AvgIpc) is 2.08. The van der Waals surface area contributed by atoms with Gasteiger partial charge in [0.05, 0.1) is 5.70 Å². The molecule has 64 valence electrons. The number of rotatable bonds is 0. The van der Waals surface area contributed by atoms with E-state index in [4.69, 9.17) is 5.73 Å². The van der Waals surface area contributed by atoms with Gasteiger partial charge in [0, 0.05) is 5.57 Å². The van der Waals surface area contributed by atoms with Crippen LogP contribution in [0.1, 0.15) is 20.8 Å². The number of carbonyl (C=O) groups excluding carboxylic acids is 2. The van der Waals surface area contributed by atoms with Gasteiger partial charge in [0.15, 0.2) is 0 Å². The van der Waals surface area contributed by atoms with E-state index in [0.717, 1.165) is 11.1 Å². The minimum Gasteiger partial charge on any atom is -0.395 e. The first kappa shape index (κ1) is 8.71. The molecule has 0 atom stereocenters. The molecule has 3 heteroatoms. The summed E-state index contributed by atoms with van der Waals surface area (Å²) >= 11 is 0. The van der Waals surface area contributed by atoms with E-state index in [2.05, 4.69) is 0 Å². The van der Waals surface area contributed by atoms with E-state index >= 15 is 0 Å². The number of allylic oxidation sites excluding steroid dienone is 4. The van der Waals surface area contributed by atoms with E-state index < -0.39 is 11.6 Å². The molecule has 0 aromatic heterocycles. The Bertz CT molecular complexity index is 285. The fourth-order valence-corrected chi connectivity index (χ4v) is 1.12. The van der Waals surface area contributed by atoms with Gasteiger partial charge in [-0.15, -0.1) is 0 Å². The van der Waals surface area contributed by atoms with E-state index in [0.29, 0.717) is 5.57 Å². The highest BCUT2D eigenvalue weighted by molar-refractivity contribution is 6.50. The molecule has 0 amide bonds. The molecule has 3 nitrogen and oxygen atoms in total. The Morgan fingerprint density at radius 1 is 0.833 bits per heavy atom. The van der Waals surface area contributed by atoms with Gasteiger partial charge < -0.3 is 5.73 Å². The van der Waals surface area contributed by atoms with Crippen molar-refractivity contribution < 1.29 is 9.59 Å². The van der Waals surface area contributed by atoms with Gasteiger partial charge in [-0.05, 0) is 31.9 Å². The first-order valence-electron chi connectivity index (χ1n) is 3.70. The van der Waals surface area contributed by atoms with Crippen molar-refractivity contribution in [1.29, 1.82) is 0 Å². The number of hydrogen-bond acceptors (Lipinski definition) is 3. The van der Waals surface area contributed by atoms with E-state index in [9.17, 15) is 9.59 Å². The second-order valence-corrected chi connectivity index (χ2v) is 2.95. The lowest BCUT2D eigenvalue weighted by Crippen LogP contribution is -2.28. The fraction of sp³-hybridized carbons (Fsp3) is 0.333. The van der Waals surface area contributed by atoms with Crippen molar-refractivity contribution in [1.82, 2.24) is 0 Å². The average molecular weight is 165 g/mol. The highest BCUT2D eigenvalue weighted by Gasteiger charge is 2.26. The van der Waals surface area contributed by atoms with Gasteiger partial charge in [-0.1, -0.05) is 0 Å². The lowest BCUT2D eigenvalue weighted by Gasteiger charge is -2.15. The van der Waals surface area contributed by atoms with E-state index in [1.807, 2.05) is 0 Å². The SMILES string of the molecule is CC1=C(C)C(C)=C(N)C(=O)C1=O. The predicted octanol–water partition coefficient (Wildman–Crippen LogP) is 0.707.